The Labute approximate surface area is 138 Å². The fourth-order valence-electron chi connectivity index (χ4n) is 2.03. The van der Waals surface area contributed by atoms with Gasteiger partial charge in [-0.15, -0.1) is 0 Å². The Kier molecular flexibility index (Phi) is 5.64. The van der Waals surface area contributed by atoms with Gasteiger partial charge in [0.2, 0.25) is 0 Å². The quantitative estimate of drug-likeness (QED) is 0.757. The molecule has 0 aliphatic heterocycles. The highest BCUT2D eigenvalue weighted by molar-refractivity contribution is 6.42. The van der Waals surface area contributed by atoms with Gasteiger partial charge < -0.3 is 15.5 Å². The van der Waals surface area contributed by atoms with E-state index in [1.54, 1.807) is 24.3 Å². The number of anilines is 1. The van der Waals surface area contributed by atoms with Crippen LogP contribution < -0.4 is 5.32 Å². The molecule has 0 amide bonds. The minimum Gasteiger partial charge on any atom is -0.389 e. The molecule has 22 heavy (non-hydrogen) atoms. The molecular weight excluding hydrogens is 328 g/mol. The van der Waals surface area contributed by atoms with E-state index in [1.165, 1.54) is 19.1 Å². The Morgan fingerprint density at radius 3 is 2.45 bits per heavy atom. The van der Waals surface area contributed by atoms with E-state index in [0.717, 1.165) is 0 Å². The summed E-state index contributed by atoms with van der Waals surface area (Å²) in [6.07, 6.45) is -1.70. The van der Waals surface area contributed by atoms with Gasteiger partial charge in [-0.1, -0.05) is 29.3 Å². The molecule has 2 rings (SSSR count). The van der Waals surface area contributed by atoms with Crippen LogP contribution in [0.4, 0.5) is 10.1 Å². The minimum atomic E-state index is -0.901. The molecule has 2 atom stereocenters. The summed E-state index contributed by atoms with van der Waals surface area (Å²) in [6, 6.07) is 9.24. The third-order valence-corrected chi connectivity index (χ3v) is 4.01. The van der Waals surface area contributed by atoms with Gasteiger partial charge in [-0.3, -0.25) is 0 Å². The molecule has 6 heteroatoms. The fraction of sp³-hybridized carbons (Fsp3) is 0.250. The third-order valence-electron chi connectivity index (χ3n) is 3.27. The van der Waals surface area contributed by atoms with Crippen molar-refractivity contribution in [2.75, 3.05) is 11.9 Å². The van der Waals surface area contributed by atoms with E-state index in [-0.39, 0.29) is 12.1 Å². The van der Waals surface area contributed by atoms with E-state index in [9.17, 15) is 14.6 Å². The van der Waals surface area contributed by atoms with E-state index in [0.29, 0.717) is 21.3 Å². The normalized spacial score (nSPS) is 13.7. The highest BCUT2D eigenvalue weighted by atomic mass is 35.5. The summed E-state index contributed by atoms with van der Waals surface area (Å²) in [5, 5.41) is 23.4. The Balaban J connectivity index is 2.06. The summed E-state index contributed by atoms with van der Waals surface area (Å²) in [4.78, 5) is 0. The summed E-state index contributed by atoms with van der Waals surface area (Å²) in [5.74, 6) is -0.467. The molecule has 1 unspecified atom stereocenters. The van der Waals surface area contributed by atoms with Gasteiger partial charge in [-0.2, -0.15) is 0 Å². The number of rotatable bonds is 5. The van der Waals surface area contributed by atoms with Crippen molar-refractivity contribution in [3.05, 3.63) is 63.4 Å². The largest absolute Gasteiger partial charge is 0.389 e. The molecule has 0 saturated carbocycles. The van der Waals surface area contributed by atoms with E-state index >= 15 is 0 Å². The molecule has 0 aliphatic rings. The topological polar surface area (TPSA) is 52.5 Å². The van der Waals surface area contributed by atoms with Crippen LogP contribution in [0.2, 0.25) is 10.0 Å². The van der Waals surface area contributed by atoms with Crippen molar-refractivity contribution in [2.24, 2.45) is 0 Å². The number of aliphatic hydroxyl groups is 2. The Bertz CT molecular complexity index is 665. The molecule has 2 aromatic carbocycles. The summed E-state index contributed by atoms with van der Waals surface area (Å²) < 4.78 is 13.5. The average molecular weight is 344 g/mol. The zero-order valence-electron chi connectivity index (χ0n) is 11.9. The third kappa shape index (κ3) is 4.11. The molecule has 0 heterocycles. The van der Waals surface area contributed by atoms with Crippen molar-refractivity contribution in [1.82, 2.24) is 0 Å². The molecule has 0 aliphatic carbocycles. The molecule has 0 fully saturated rings. The van der Waals surface area contributed by atoms with Crippen LogP contribution in [0.5, 0.6) is 0 Å². The second kappa shape index (κ2) is 7.29. The Morgan fingerprint density at radius 1 is 1.09 bits per heavy atom. The van der Waals surface area contributed by atoms with E-state index in [1.807, 2.05) is 0 Å². The van der Waals surface area contributed by atoms with Gasteiger partial charge >= 0.3 is 0 Å². The maximum Gasteiger partial charge on any atom is 0.129 e. The summed E-state index contributed by atoms with van der Waals surface area (Å²) in [5.41, 5.74) is 1.44. The van der Waals surface area contributed by atoms with E-state index < -0.39 is 18.0 Å². The van der Waals surface area contributed by atoms with Crippen LogP contribution in [0.15, 0.2) is 36.4 Å². The van der Waals surface area contributed by atoms with Crippen LogP contribution in [-0.4, -0.2) is 16.8 Å². The average Bonchev–Trinajstić information content (AvgIpc) is 2.48. The molecule has 2 aromatic rings. The summed E-state index contributed by atoms with van der Waals surface area (Å²) in [6.45, 7) is 1.70. The van der Waals surface area contributed by atoms with Crippen LogP contribution in [0.25, 0.3) is 0 Å². The monoisotopic (exact) mass is 343 g/mol. The number of hydrogen-bond donors (Lipinski definition) is 3. The number of nitrogens with one attached hydrogen (secondary N) is 1. The molecule has 0 bridgehead atoms. The second-order valence-corrected chi connectivity index (χ2v) is 5.80. The van der Waals surface area contributed by atoms with Gasteiger partial charge in [0.1, 0.15) is 5.82 Å². The molecule has 0 spiro atoms. The molecule has 3 nitrogen and oxygen atoms in total. The first-order valence-electron chi connectivity index (χ1n) is 6.73. The van der Waals surface area contributed by atoms with Crippen LogP contribution in [0.3, 0.4) is 0 Å². The second-order valence-electron chi connectivity index (χ2n) is 4.98. The summed E-state index contributed by atoms with van der Waals surface area (Å²) in [7, 11) is 0. The van der Waals surface area contributed by atoms with Crippen molar-refractivity contribution in [1.29, 1.82) is 0 Å². The first kappa shape index (κ1) is 17.0. The van der Waals surface area contributed by atoms with Gasteiger partial charge in [-0.05, 0) is 42.8 Å². The number of benzene rings is 2. The van der Waals surface area contributed by atoms with Crippen molar-refractivity contribution < 1.29 is 14.6 Å². The smallest absolute Gasteiger partial charge is 0.129 e. The number of halogens is 3. The lowest BCUT2D eigenvalue weighted by atomic mass is 10.1. The number of hydrogen-bond acceptors (Lipinski definition) is 3. The zero-order valence-corrected chi connectivity index (χ0v) is 13.4. The standard InChI is InChI=1S/C16H16Cl2FNO2/c1-9(21)12-7-11(3-5-15(12)19)20-8-16(22)10-2-4-13(17)14(18)6-10/h2-7,9,16,20-22H,8H2,1H3/t9?,16-/m0/s1. The molecule has 0 radical (unpaired) electrons. The van der Waals surface area contributed by atoms with Crippen LogP contribution in [-0.2, 0) is 0 Å². The van der Waals surface area contributed by atoms with Crippen molar-refractivity contribution in [3.8, 4) is 0 Å². The molecule has 0 saturated heterocycles. The Morgan fingerprint density at radius 2 is 1.82 bits per heavy atom. The van der Waals surface area contributed by atoms with Gasteiger partial charge in [0, 0.05) is 17.8 Å². The predicted octanol–water partition coefficient (Wildman–Crippen LogP) is 4.33. The van der Waals surface area contributed by atoms with Crippen molar-refractivity contribution in [3.63, 3.8) is 0 Å². The Hall–Kier alpha value is -1.33. The van der Waals surface area contributed by atoms with E-state index in [2.05, 4.69) is 5.32 Å². The number of aliphatic hydroxyl groups excluding tert-OH is 2. The first-order chi connectivity index (χ1) is 10.4. The van der Waals surface area contributed by atoms with Gasteiger partial charge in [0.05, 0.1) is 22.3 Å². The summed E-state index contributed by atoms with van der Waals surface area (Å²) >= 11 is 11.7. The lowest BCUT2D eigenvalue weighted by molar-refractivity contribution is 0.191. The van der Waals surface area contributed by atoms with Gasteiger partial charge in [0.25, 0.3) is 0 Å². The van der Waals surface area contributed by atoms with Crippen LogP contribution >= 0.6 is 23.2 Å². The van der Waals surface area contributed by atoms with Gasteiger partial charge in [-0.25, -0.2) is 4.39 Å². The predicted molar refractivity (Wildman–Crippen MR) is 86.9 cm³/mol. The van der Waals surface area contributed by atoms with Crippen molar-refractivity contribution in [2.45, 2.75) is 19.1 Å². The van der Waals surface area contributed by atoms with Crippen molar-refractivity contribution >= 4 is 28.9 Å². The van der Waals surface area contributed by atoms with Gasteiger partial charge in [0.15, 0.2) is 0 Å². The highest BCUT2D eigenvalue weighted by Gasteiger charge is 2.12. The molecule has 118 valence electrons. The maximum absolute atomic E-state index is 13.5. The van der Waals surface area contributed by atoms with Crippen LogP contribution in [0, 0.1) is 5.82 Å². The fourth-order valence-corrected chi connectivity index (χ4v) is 2.33. The lowest BCUT2D eigenvalue weighted by Crippen LogP contribution is -2.12. The van der Waals surface area contributed by atoms with E-state index in [4.69, 9.17) is 23.2 Å². The molecular formula is C16H16Cl2FNO2. The highest BCUT2D eigenvalue weighted by Crippen LogP contribution is 2.26. The zero-order chi connectivity index (χ0) is 16.3. The molecule has 3 N–H and O–H groups in total. The first-order valence-corrected chi connectivity index (χ1v) is 7.48. The molecule has 0 aromatic heterocycles. The lowest BCUT2D eigenvalue weighted by Gasteiger charge is -2.15. The minimum absolute atomic E-state index is 0.203. The maximum atomic E-state index is 13.5. The van der Waals surface area contributed by atoms with Crippen LogP contribution in [0.1, 0.15) is 30.3 Å². The SMILES string of the molecule is CC(O)c1cc(NC[C@H](O)c2ccc(Cl)c(Cl)c2)ccc1F.